The summed E-state index contributed by atoms with van der Waals surface area (Å²) in [4.78, 5) is 14.7. The predicted molar refractivity (Wildman–Crippen MR) is 94.5 cm³/mol. The summed E-state index contributed by atoms with van der Waals surface area (Å²) in [6, 6.07) is 10.4. The van der Waals surface area contributed by atoms with E-state index in [1.165, 1.54) is 5.56 Å². The van der Waals surface area contributed by atoms with Crippen LogP contribution in [0.2, 0.25) is 0 Å². The lowest BCUT2D eigenvalue weighted by atomic mass is 9.91. The van der Waals surface area contributed by atoms with E-state index in [4.69, 9.17) is 4.74 Å². The zero-order valence-electron chi connectivity index (χ0n) is 14.8. The van der Waals surface area contributed by atoms with Gasteiger partial charge in [0.25, 0.3) is 0 Å². The van der Waals surface area contributed by atoms with Gasteiger partial charge in [0.1, 0.15) is 0 Å². The number of piperidine rings is 1. The molecule has 1 aromatic rings. The SMILES string of the molecule is COCCC(C)C(=O)NC1CN(Cc2ccccc2)CCC1CO. The summed E-state index contributed by atoms with van der Waals surface area (Å²) in [5.41, 5.74) is 1.28. The van der Waals surface area contributed by atoms with Gasteiger partial charge in [-0.15, -0.1) is 0 Å². The van der Waals surface area contributed by atoms with E-state index in [2.05, 4.69) is 22.3 Å². The molecule has 1 saturated heterocycles. The molecule has 1 aromatic carbocycles. The summed E-state index contributed by atoms with van der Waals surface area (Å²) in [5, 5.41) is 12.8. The highest BCUT2D eigenvalue weighted by Crippen LogP contribution is 2.20. The molecule has 5 heteroatoms. The third kappa shape index (κ3) is 5.58. The number of hydrogen-bond acceptors (Lipinski definition) is 4. The quantitative estimate of drug-likeness (QED) is 0.759. The van der Waals surface area contributed by atoms with E-state index in [0.29, 0.717) is 13.0 Å². The van der Waals surface area contributed by atoms with Crippen LogP contribution in [0.15, 0.2) is 30.3 Å². The van der Waals surface area contributed by atoms with Crippen molar-refractivity contribution in [1.29, 1.82) is 0 Å². The van der Waals surface area contributed by atoms with Crippen LogP contribution < -0.4 is 5.32 Å². The van der Waals surface area contributed by atoms with Crippen LogP contribution in [0.4, 0.5) is 0 Å². The Hall–Kier alpha value is -1.43. The molecule has 24 heavy (non-hydrogen) atoms. The number of aliphatic hydroxyl groups excluding tert-OH is 1. The van der Waals surface area contributed by atoms with Crippen LogP contribution in [-0.4, -0.2) is 55.4 Å². The number of carbonyl (C=O) groups excluding carboxylic acids is 1. The van der Waals surface area contributed by atoms with E-state index in [-0.39, 0.29) is 30.4 Å². The molecular weight excluding hydrogens is 304 g/mol. The largest absolute Gasteiger partial charge is 0.396 e. The number of nitrogens with one attached hydrogen (secondary N) is 1. The first-order valence-corrected chi connectivity index (χ1v) is 8.80. The Morgan fingerprint density at radius 3 is 2.83 bits per heavy atom. The average Bonchev–Trinajstić information content (AvgIpc) is 2.60. The van der Waals surface area contributed by atoms with Gasteiger partial charge in [-0.2, -0.15) is 0 Å². The topological polar surface area (TPSA) is 61.8 Å². The van der Waals surface area contributed by atoms with Gasteiger partial charge in [-0.1, -0.05) is 37.3 Å². The summed E-state index contributed by atoms with van der Waals surface area (Å²) in [5.74, 6) is 0.112. The predicted octanol–water partition coefficient (Wildman–Crippen LogP) is 1.66. The van der Waals surface area contributed by atoms with Crippen molar-refractivity contribution >= 4 is 5.91 Å². The van der Waals surface area contributed by atoms with Crippen LogP contribution in [0, 0.1) is 11.8 Å². The van der Waals surface area contributed by atoms with Gasteiger partial charge in [0.2, 0.25) is 5.91 Å². The number of aliphatic hydroxyl groups is 1. The van der Waals surface area contributed by atoms with Gasteiger partial charge in [-0.3, -0.25) is 9.69 Å². The molecule has 0 radical (unpaired) electrons. The van der Waals surface area contributed by atoms with E-state index < -0.39 is 0 Å². The van der Waals surface area contributed by atoms with Crippen molar-refractivity contribution in [2.45, 2.75) is 32.4 Å². The van der Waals surface area contributed by atoms with Crippen molar-refractivity contribution < 1.29 is 14.6 Å². The molecule has 1 fully saturated rings. The smallest absolute Gasteiger partial charge is 0.223 e. The van der Waals surface area contributed by atoms with Gasteiger partial charge in [0, 0.05) is 51.3 Å². The summed E-state index contributed by atoms with van der Waals surface area (Å²) in [6.07, 6.45) is 1.62. The molecule has 0 bridgehead atoms. The van der Waals surface area contributed by atoms with Gasteiger partial charge in [0.05, 0.1) is 0 Å². The Morgan fingerprint density at radius 2 is 2.17 bits per heavy atom. The normalized spacial score (nSPS) is 23.0. The minimum Gasteiger partial charge on any atom is -0.396 e. The fourth-order valence-electron chi connectivity index (χ4n) is 3.19. The van der Waals surface area contributed by atoms with Gasteiger partial charge in [0.15, 0.2) is 0 Å². The van der Waals surface area contributed by atoms with E-state index in [9.17, 15) is 9.90 Å². The molecule has 1 amide bonds. The standard InChI is InChI=1S/C19H30N2O3/c1-15(9-11-24-2)19(23)20-18-13-21(10-8-17(18)14-22)12-16-6-4-3-5-7-16/h3-7,15,17-18,22H,8-14H2,1-2H3,(H,20,23). The average molecular weight is 334 g/mol. The Balaban J connectivity index is 1.91. The first-order chi connectivity index (χ1) is 11.6. The Kier molecular flexibility index (Phi) is 7.69. The number of nitrogens with zero attached hydrogens (tertiary/aromatic N) is 1. The number of benzene rings is 1. The maximum atomic E-state index is 12.4. The minimum atomic E-state index is -0.0752. The fraction of sp³-hybridized carbons (Fsp3) is 0.632. The van der Waals surface area contributed by atoms with Crippen LogP contribution in [0.5, 0.6) is 0 Å². The summed E-state index contributed by atoms with van der Waals surface area (Å²) in [7, 11) is 1.65. The van der Waals surface area contributed by atoms with Crippen molar-refractivity contribution in [3.05, 3.63) is 35.9 Å². The third-order valence-corrected chi connectivity index (χ3v) is 4.85. The lowest BCUT2D eigenvalue weighted by Gasteiger charge is -2.38. The van der Waals surface area contributed by atoms with Crippen molar-refractivity contribution in [2.75, 3.05) is 33.4 Å². The lowest BCUT2D eigenvalue weighted by Crippen LogP contribution is -2.54. The third-order valence-electron chi connectivity index (χ3n) is 4.85. The van der Waals surface area contributed by atoms with Crippen LogP contribution >= 0.6 is 0 Å². The molecule has 1 heterocycles. The molecule has 134 valence electrons. The zero-order valence-corrected chi connectivity index (χ0v) is 14.8. The second kappa shape index (κ2) is 9.77. The Labute approximate surface area is 145 Å². The van der Waals surface area contributed by atoms with Crippen LogP contribution in [0.25, 0.3) is 0 Å². The van der Waals surface area contributed by atoms with Gasteiger partial charge in [-0.05, 0) is 24.9 Å². The molecule has 1 aliphatic rings. The number of likely N-dealkylation sites (tertiary alicyclic amines) is 1. The molecule has 1 aliphatic heterocycles. The number of carbonyl (C=O) groups is 1. The van der Waals surface area contributed by atoms with Crippen LogP contribution in [-0.2, 0) is 16.1 Å². The summed E-state index contributed by atoms with van der Waals surface area (Å²) >= 11 is 0. The van der Waals surface area contributed by atoms with Gasteiger partial charge in [-0.25, -0.2) is 0 Å². The second-order valence-electron chi connectivity index (χ2n) is 6.75. The maximum Gasteiger partial charge on any atom is 0.223 e. The Morgan fingerprint density at radius 1 is 1.42 bits per heavy atom. The first-order valence-electron chi connectivity index (χ1n) is 8.80. The lowest BCUT2D eigenvalue weighted by molar-refractivity contribution is -0.126. The molecule has 2 N–H and O–H groups in total. The van der Waals surface area contributed by atoms with Crippen molar-refractivity contribution in [3.63, 3.8) is 0 Å². The number of hydrogen-bond donors (Lipinski definition) is 2. The summed E-state index contributed by atoms with van der Waals surface area (Å²) < 4.78 is 5.05. The van der Waals surface area contributed by atoms with E-state index in [0.717, 1.165) is 26.1 Å². The maximum absolute atomic E-state index is 12.4. The van der Waals surface area contributed by atoms with E-state index >= 15 is 0 Å². The highest BCUT2D eigenvalue weighted by Gasteiger charge is 2.30. The van der Waals surface area contributed by atoms with E-state index in [1.807, 2.05) is 25.1 Å². The summed E-state index contributed by atoms with van der Waals surface area (Å²) in [6.45, 7) is 5.24. The number of methoxy groups -OCH3 is 1. The van der Waals surface area contributed by atoms with Gasteiger partial charge < -0.3 is 15.2 Å². The molecule has 0 saturated carbocycles. The van der Waals surface area contributed by atoms with Gasteiger partial charge >= 0.3 is 0 Å². The molecule has 0 aromatic heterocycles. The van der Waals surface area contributed by atoms with Crippen LogP contribution in [0.3, 0.4) is 0 Å². The minimum absolute atomic E-state index is 0.00459. The van der Waals surface area contributed by atoms with Crippen molar-refractivity contribution in [1.82, 2.24) is 10.2 Å². The Bertz CT molecular complexity index is 495. The van der Waals surface area contributed by atoms with Crippen LogP contribution in [0.1, 0.15) is 25.3 Å². The highest BCUT2D eigenvalue weighted by molar-refractivity contribution is 5.78. The fourth-order valence-corrected chi connectivity index (χ4v) is 3.19. The zero-order chi connectivity index (χ0) is 17.4. The second-order valence-corrected chi connectivity index (χ2v) is 6.75. The number of amides is 1. The molecule has 3 atom stereocenters. The van der Waals surface area contributed by atoms with E-state index in [1.54, 1.807) is 7.11 Å². The molecular formula is C19H30N2O3. The highest BCUT2D eigenvalue weighted by atomic mass is 16.5. The van der Waals surface area contributed by atoms with Crippen molar-refractivity contribution in [3.8, 4) is 0 Å². The molecule has 2 rings (SSSR count). The monoisotopic (exact) mass is 334 g/mol. The number of rotatable bonds is 8. The van der Waals surface area contributed by atoms with Crippen molar-refractivity contribution in [2.24, 2.45) is 11.8 Å². The molecule has 0 spiro atoms. The molecule has 3 unspecified atom stereocenters. The molecule has 5 nitrogen and oxygen atoms in total. The first kappa shape index (κ1) is 18.9. The molecule has 0 aliphatic carbocycles. The number of ether oxygens (including phenoxy) is 1.